The second-order valence-corrected chi connectivity index (χ2v) is 0.521. The normalized spacial score (nSPS) is 16.4. The predicted octanol–water partition coefficient (Wildman–Crippen LogP) is 0.675. The fourth-order valence-corrected chi connectivity index (χ4v) is 0.114. The number of rotatable bonds is 0. The molecule has 2 heteroatoms. The Kier molecular flexibility index (Phi) is 0.148. The summed E-state index contributed by atoms with van der Waals surface area (Å²) in [4.78, 5) is 0. The van der Waals surface area contributed by atoms with E-state index in [0.717, 1.165) is 0 Å². The van der Waals surface area contributed by atoms with Gasteiger partial charge in [0.15, 0.2) is 0 Å². The molecule has 0 fully saturated rings. The van der Waals surface area contributed by atoms with Crippen LogP contribution in [0.1, 0.15) is 4.11 Å². The third-order valence-electron chi connectivity index (χ3n) is 0.244. The predicted molar refractivity (Wildman–Crippen MR) is 16.5 cm³/mol. The first-order valence-corrected chi connectivity index (χ1v) is 1.11. The molecule has 0 saturated carbocycles. The van der Waals surface area contributed by atoms with E-state index >= 15 is 0 Å². The van der Waals surface area contributed by atoms with Crippen molar-refractivity contribution in [1.29, 1.82) is 0 Å². The summed E-state index contributed by atoms with van der Waals surface area (Å²) in [6, 6.07) is -0.259. The van der Waals surface area contributed by atoms with Crippen molar-refractivity contribution in [3.63, 3.8) is 0 Å². The van der Waals surface area contributed by atoms with Crippen LogP contribution in [0, 0.1) is 0 Å². The van der Waals surface area contributed by atoms with E-state index in [2.05, 4.69) is 9.68 Å². The molecule has 0 bridgehead atoms. The molecule has 0 aliphatic heterocycles. The molecule has 1 aromatic heterocycles. The van der Waals surface area contributed by atoms with Crippen LogP contribution in [0.4, 0.5) is 0 Å². The monoisotopic (exact) mass is 72.0 g/mol. The molecule has 0 spiro atoms. The number of nitrogens with zero attached hydrogens (tertiary/aromatic N) is 1. The summed E-state index contributed by atoms with van der Waals surface area (Å²) in [5.74, 6) is 0. The molecule has 26 valence electrons. The summed E-state index contributed by atoms with van der Waals surface area (Å²) in [7, 11) is 0. The lowest BCUT2D eigenvalue weighted by molar-refractivity contribution is 0.420. The van der Waals surface area contributed by atoms with Gasteiger partial charge in [-0.1, -0.05) is 5.16 Å². The Labute approximate surface area is 33.6 Å². The van der Waals surface area contributed by atoms with E-state index in [9.17, 15) is 0 Å². The second kappa shape index (κ2) is 0.885. The molecule has 0 aliphatic carbocycles. The molecular formula is C3H3NO. The average Bonchev–Trinajstić information content (AvgIpc) is 1.98. The molecule has 0 aromatic carbocycles. The fraction of sp³-hybridized carbons (Fsp3) is 0. The van der Waals surface area contributed by atoms with Crippen LogP contribution in [0.15, 0.2) is 23.0 Å². The minimum absolute atomic E-state index is 0.259. The van der Waals surface area contributed by atoms with Gasteiger partial charge < -0.3 is 4.52 Å². The molecule has 0 atom stereocenters. The minimum Gasteiger partial charge on any atom is -0.365 e. The molecule has 5 heavy (non-hydrogen) atoms. The highest BCUT2D eigenvalue weighted by Crippen LogP contribution is 1.72. The molecule has 0 unspecified atom stereocenters. The lowest BCUT2D eigenvalue weighted by Crippen LogP contribution is -1.38. The highest BCUT2D eigenvalue weighted by atomic mass is 16.5. The van der Waals surface area contributed by atoms with E-state index in [0.29, 0.717) is 0 Å². The molecule has 2 nitrogen and oxygen atoms in total. The highest BCUT2D eigenvalue weighted by Gasteiger charge is 1.60. The summed E-state index contributed by atoms with van der Waals surface area (Å²) in [6.45, 7) is 0. The molecular weight excluding hydrogens is 66.0 g/mol. The van der Waals surface area contributed by atoms with Crippen molar-refractivity contribution in [1.82, 2.24) is 5.16 Å². The average molecular weight is 72.1 g/mol. The molecule has 1 rings (SSSR count). The zero-order valence-electron chi connectivity index (χ0n) is 5.36. The summed E-state index contributed by atoms with van der Waals surface area (Å²) in [5.41, 5.74) is 0. The van der Waals surface area contributed by atoms with E-state index in [1.165, 1.54) is 0 Å². The Hall–Kier alpha value is -0.790. The molecule has 1 aromatic rings. The number of hydrogen-bond acceptors (Lipinski definition) is 2. The van der Waals surface area contributed by atoms with Crippen molar-refractivity contribution in [2.45, 2.75) is 0 Å². The molecule has 1 heterocycles. The van der Waals surface area contributed by atoms with Crippen LogP contribution in [0.5, 0.6) is 0 Å². The van der Waals surface area contributed by atoms with Gasteiger partial charge in [-0.05, 0) is 6.04 Å². The third kappa shape index (κ3) is 0.265. The summed E-state index contributed by atoms with van der Waals surface area (Å²) >= 11 is 0. The van der Waals surface area contributed by atoms with Crippen LogP contribution in [-0.4, -0.2) is 5.16 Å². The molecule has 0 amide bonds. The van der Waals surface area contributed by atoms with Crippen molar-refractivity contribution in [3.8, 4) is 0 Å². The van der Waals surface area contributed by atoms with E-state index in [-0.39, 0.29) is 18.5 Å². The molecule has 0 radical (unpaired) electrons. The van der Waals surface area contributed by atoms with Gasteiger partial charge in [0, 0.05) is 0 Å². The van der Waals surface area contributed by atoms with Gasteiger partial charge in [0.1, 0.15) is 7.61 Å². The van der Waals surface area contributed by atoms with Crippen LogP contribution in [0.2, 0.25) is 0 Å². The largest absolute Gasteiger partial charge is 0.365 e. The molecule has 0 N–H and O–H groups in total. The third-order valence-corrected chi connectivity index (χ3v) is 0.244. The standard InChI is InChI=1S/C3H3NO/c1-2-4-5-3-1/h1-3H/i1D,2D,3D. The highest BCUT2D eigenvalue weighted by molar-refractivity contribution is 4.67. The van der Waals surface area contributed by atoms with Crippen molar-refractivity contribution in [2.75, 3.05) is 0 Å². The lowest BCUT2D eigenvalue weighted by atomic mass is 10.8. The van der Waals surface area contributed by atoms with E-state index in [1.54, 1.807) is 0 Å². The zero-order chi connectivity index (χ0) is 6.15. The summed E-state index contributed by atoms with van der Waals surface area (Å²) < 4.78 is 24.4. The topological polar surface area (TPSA) is 26.0 Å². The zero-order valence-corrected chi connectivity index (χ0v) is 2.36. The van der Waals surface area contributed by atoms with Crippen LogP contribution in [0.3, 0.4) is 0 Å². The first-order valence-electron chi connectivity index (χ1n) is 2.61. The van der Waals surface area contributed by atoms with E-state index in [4.69, 9.17) is 4.11 Å². The number of aromatic nitrogens is 1. The SMILES string of the molecule is [2H]c1noc([2H])c1[2H]. The van der Waals surface area contributed by atoms with Gasteiger partial charge in [-0.3, -0.25) is 0 Å². The van der Waals surface area contributed by atoms with Crippen LogP contribution < -0.4 is 0 Å². The minimum atomic E-state index is -0.352. The van der Waals surface area contributed by atoms with Gasteiger partial charge in [-0.15, -0.1) is 0 Å². The van der Waals surface area contributed by atoms with Gasteiger partial charge in [0.2, 0.25) is 0 Å². The lowest BCUT2D eigenvalue weighted by Gasteiger charge is -1.48. The van der Waals surface area contributed by atoms with E-state index in [1.807, 2.05) is 0 Å². The number of hydrogen-bond donors (Lipinski definition) is 0. The Morgan fingerprint density at radius 2 is 3.00 bits per heavy atom. The maximum Gasteiger partial charge on any atom is 0.123 e. The quantitative estimate of drug-likeness (QED) is 0.450. The van der Waals surface area contributed by atoms with Crippen molar-refractivity contribution < 1.29 is 8.64 Å². The molecule has 0 saturated heterocycles. The van der Waals surface area contributed by atoms with Gasteiger partial charge >= 0.3 is 0 Å². The van der Waals surface area contributed by atoms with Gasteiger partial charge in [0.25, 0.3) is 0 Å². The van der Waals surface area contributed by atoms with E-state index < -0.39 is 0 Å². The van der Waals surface area contributed by atoms with Crippen molar-refractivity contribution in [3.05, 3.63) is 18.5 Å². The Morgan fingerprint density at radius 3 is 3.20 bits per heavy atom. The first kappa shape index (κ1) is 0.834. The second-order valence-electron chi connectivity index (χ2n) is 0.521. The van der Waals surface area contributed by atoms with Gasteiger partial charge in [0.05, 0.1) is 8.91 Å². The van der Waals surface area contributed by atoms with Crippen LogP contribution in [0.25, 0.3) is 0 Å². The maximum absolute atomic E-state index is 6.79. The smallest absolute Gasteiger partial charge is 0.123 e. The Bertz CT molecular complexity index is 177. The summed E-state index contributed by atoms with van der Waals surface area (Å²) in [5, 5.41) is 3.03. The van der Waals surface area contributed by atoms with Gasteiger partial charge in [-0.2, -0.15) is 0 Å². The van der Waals surface area contributed by atoms with Crippen molar-refractivity contribution >= 4 is 0 Å². The van der Waals surface area contributed by atoms with Gasteiger partial charge in [-0.25, -0.2) is 0 Å². The van der Waals surface area contributed by atoms with Crippen LogP contribution >= 0.6 is 0 Å². The summed E-state index contributed by atoms with van der Waals surface area (Å²) in [6.07, 6.45) is -0.634. The Balaban J connectivity index is 3.19. The fourth-order valence-electron chi connectivity index (χ4n) is 0.114. The molecule has 0 aliphatic rings. The van der Waals surface area contributed by atoms with Crippen LogP contribution in [-0.2, 0) is 0 Å². The van der Waals surface area contributed by atoms with Crippen molar-refractivity contribution in [2.24, 2.45) is 0 Å². The first-order chi connectivity index (χ1) is 3.72. The maximum atomic E-state index is 6.79. The Morgan fingerprint density at radius 1 is 2.00 bits per heavy atom.